The quantitative estimate of drug-likeness (QED) is 0.780. The molecular formula is C17H20BF2N3O3. The Labute approximate surface area is 150 Å². The van der Waals surface area contributed by atoms with E-state index in [-0.39, 0.29) is 11.4 Å². The van der Waals surface area contributed by atoms with Crippen molar-refractivity contribution in [3.63, 3.8) is 0 Å². The van der Waals surface area contributed by atoms with Crippen molar-refractivity contribution in [2.75, 3.05) is 7.11 Å². The van der Waals surface area contributed by atoms with Gasteiger partial charge in [0.2, 0.25) is 0 Å². The van der Waals surface area contributed by atoms with E-state index in [1.54, 1.807) is 6.07 Å². The van der Waals surface area contributed by atoms with Crippen molar-refractivity contribution in [2.24, 2.45) is 0 Å². The summed E-state index contributed by atoms with van der Waals surface area (Å²) >= 11 is 0. The highest BCUT2D eigenvalue weighted by Gasteiger charge is 2.53. The number of aromatic nitrogens is 3. The van der Waals surface area contributed by atoms with Crippen molar-refractivity contribution >= 4 is 13.2 Å². The molecule has 0 bridgehead atoms. The van der Waals surface area contributed by atoms with Crippen molar-refractivity contribution < 1.29 is 22.8 Å². The SMILES string of the molecule is COc1ccc(-n2cc(C=C(F)B3OC(C)(C)C(C)(C)O3)nn2)cc1F. The fourth-order valence-electron chi connectivity index (χ4n) is 2.43. The molecule has 2 heterocycles. The van der Waals surface area contributed by atoms with Crippen LogP contribution in [0.5, 0.6) is 5.75 Å². The van der Waals surface area contributed by atoms with Crippen molar-refractivity contribution in [2.45, 2.75) is 38.9 Å². The summed E-state index contributed by atoms with van der Waals surface area (Å²) in [7, 11) is 0.276. The third-order valence-electron chi connectivity index (χ3n) is 4.68. The lowest BCUT2D eigenvalue weighted by Gasteiger charge is -2.32. The van der Waals surface area contributed by atoms with Crippen LogP contribution in [0, 0.1) is 5.82 Å². The van der Waals surface area contributed by atoms with Crippen molar-refractivity contribution in [1.82, 2.24) is 15.0 Å². The molecule has 0 amide bonds. The molecule has 26 heavy (non-hydrogen) atoms. The van der Waals surface area contributed by atoms with Crippen LogP contribution in [0.4, 0.5) is 8.78 Å². The molecule has 0 spiro atoms. The molecule has 2 aromatic rings. The zero-order valence-electron chi connectivity index (χ0n) is 15.3. The Morgan fingerprint density at radius 3 is 2.46 bits per heavy atom. The Balaban J connectivity index is 1.80. The first-order valence-electron chi connectivity index (χ1n) is 8.12. The molecule has 1 aromatic carbocycles. The summed E-state index contributed by atoms with van der Waals surface area (Å²) in [5.41, 5.74) is -1.20. The minimum Gasteiger partial charge on any atom is -0.494 e. The Morgan fingerprint density at radius 1 is 1.23 bits per heavy atom. The largest absolute Gasteiger partial charge is 0.525 e. The van der Waals surface area contributed by atoms with Crippen LogP contribution in [0.2, 0.25) is 0 Å². The van der Waals surface area contributed by atoms with E-state index in [1.165, 1.54) is 36.2 Å². The summed E-state index contributed by atoms with van der Waals surface area (Å²) in [6.07, 6.45) is 2.66. The number of benzene rings is 1. The predicted octanol–water partition coefficient (Wildman–Crippen LogP) is 3.36. The summed E-state index contributed by atoms with van der Waals surface area (Å²) in [6.45, 7) is 7.37. The van der Waals surface area contributed by atoms with E-state index >= 15 is 0 Å². The number of nitrogens with zero attached hydrogens (tertiary/aromatic N) is 3. The van der Waals surface area contributed by atoms with Gasteiger partial charge in [0.1, 0.15) is 11.4 Å². The molecule has 138 valence electrons. The van der Waals surface area contributed by atoms with Gasteiger partial charge in [0.15, 0.2) is 11.6 Å². The zero-order chi connectivity index (χ0) is 19.1. The first kappa shape index (κ1) is 18.5. The van der Waals surface area contributed by atoms with Gasteiger partial charge in [0.25, 0.3) is 0 Å². The molecule has 1 aliphatic heterocycles. The van der Waals surface area contributed by atoms with E-state index in [2.05, 4.69) is 10.3 Å². The third-order valence-corrected chi connectivity index (χ3v) is 4.68. The Bertz CT molecular complexity index is 836. The highest BCUT2D eigenvalue weighted by Crippen LogP contribution is 2.39. The van der Waals surface area contributed by atoms with Crippen LogP contribution >= 0.6 is 0 Å². The van der Waals surface area contributed by atoms with E-state index in [0.29, 0.717) is 5.69 Å². The minimum atomic E-state index is -1.11. The maximum absolute atomic E-state index is 14.5. The van der Waals surface area contributed by atoms with Crippen LogP contribution in [-0.2, 0) is 9.31 Å². The molecule has 0 atom stereocenters. The summed E-state index contributed by atoms with van der Waals surface area (Å²) < 4.78 is 45.8. The van der Waals surface area contributed by atoms with Gasteiger partial charge in [-0.2, -0.15) is 0 Å². The molecule has 0 unspecified atom stereocenters. The molecule has 1 aromatic heterocycles. The molecular weight excluding hydrogens is 343 g/mol. The molecule has 6 nitrogen and oxygen atoms in total. The van der Waals surface area contributed by atoms with Crippen LogP contribution in [-0.4, -0.2) is 40.4 Å². The normalized spacial score (nSPS) is 19.0. The maximum Gasteiger partial charge on any atom is 0.525 e. The number of rotatable bonds is 4. The average molecular weight is 363 g/mol. The maximum atomic E-state index is 14.5. The van der Waals surface area contributed by atoms with Gasteiger partial charge in [0, 0.05) is 6.07 Å². The van der Waals surface area contributed by atoms with E-state index in [1.807, 2.05) is 27.7 Å². The Kier molecular flexibility index (Phi) is 4.62. The van der Waals surface area contributed by atoms with E-state index in [0.717, 1.165) is 0 Å². The van der Waals surface area contributed by atoms with Crippen LogP contribution in [0.3, 0.4) is 0 Å². The molecule has 1 aliphatic rings. The van der Waals surface area contributed by atoms with Crippen molar-refractivity contribution in [3.8, 4) is 11.4 Å². The summed E-state index contributed by atoms with van der Waals surface area (Å²) in [5, 5.41) is 7.77. The number of methoxy groups -OCH3 is 1. The van der Waals surface area contributed by atoms with Crippen molar-refractivity contribution in [3.05, 3.63) is 41.6 Å². The summed E-state index contributed by atoms with van der Waals surface area (Å²) in [4.78, 5) is 0. The fourth-order valence-corrected chi connectivity index (χ4v) is 2.43. The second kappa shape index (κ2) is 6.48. The van der Waals surface area contributed by atoms with Crippen molar-refractivity contribution in [1.29, 1.82) is 0 Å². The Morgan fingerprint density at radius 2 is 1.88 bits per heavy atom. The highest BCUT2D eigenvalue weighted by atomic mass is 19.1. The van der Waals surface area contributed by atoms with Gasteiger partial charge >= 0.3 is 7.12 Å². The van der Waals surface area contributed by atoms with E-state index in [9.17, 15) is 8.78 Å². The minimum absolute atomic E-state index is 0.126. The smallest absolute Gasteiger partial charge is 0.494 e. The summed E-state index contributed by atoms with van der Waals surface area (Å²) in [5.74, 6) is -0.401. The molecule has 0 radical (unpaired) electrons. The van der Waals surface area contributed by atoms with Gasteiger partial charge < -0.3 is 14.0 Å². The molecule has 1 fully saturated rings. The predicted molar refractivity (Wildman–Crippen MR) is 93.0 cm³/mol. The lowest BCUT2D eigenvalue weighted by Crippen LogP contribution is -2.41. The number of hydrogen-bond donors (Lipinski definition) is 0. The topological polar surface area (TPSA) is 58.4 Å². The van der Waals surface area contributed by atoms with Gasteiger partial charge in [-0.3, -0.25) is 0 Å². The molecule has 9 heteroatoms. The van der Waals surface area contributed by atoms with Gasteiger partial charge in [-0.1, -0.05) is 5.21 Å². The monoisotopic (exact) mass is 363 g/mol. The molecule has 3 rings (SSSR count). The number of ether oxygens (including phenoxy) is 1. The molecule has 0 saturated carbocycles. The second-order valence-electron chi connectivity index (χ2n) is 7.02. The molecule has 1 saturated heterocycles. The summed E-state index contributed by atoms with van der Waals surface area (Å²) in [6, 6.07) is 4.35. The van der Waals surface area contributed by atoms with Gasteiger partial charge in [-0.05, 0) is 45.9 Å². The van der Waals surface area contributed by atoms with Gasteiger partial charge in [-0.25, -0.2) is 13.5 Å². The lowest BCUT2D eigenvalue weighted by molar-refractivity contribution is 0.00578. The van der Waals surface area contributed by atoms with Crippen LogP contribution in [0.1, 0.15) is 33.4 Å². The standard InChI is InChI=1S/C17H20BF2N3O3/c1-16(2)17(3,4)26-18(25-16)15(20)8-11-10-23(22-21-11)12-6-7-14(24-5)13(19)9-12/h6-10H,1-5H3. The zero-order valence-corrected chi connectivity index (χ0v) is 15.3. The number of halogens is 2. The lowest BCUT2D eigenvalue weighted by atomic mass is 9.87. The van der Waals surface area contributed by atoms with Crippen LogP contribution in [0.25, 0.3) is 11.8 Å². The first-order valence-corrected chi connectivity index (χ1v) is 8.12. The fraction of sp³-hybridized carbons (Fsp3) is 0.412. The van der Waals surface area contributed by atoms with Crippen LogP contribution < -0.4 is 4.74 Å². The Hall–Kier alpha value is -2.26. The van der Waals surface area contributed by atoms with Gasteiger partial charge in [-0.15, -0.1) is 5.10 Å². The second-order valence-corrected chi connectivity index (χ2v) is 7.02. The number of hydrogen-bond acceptors (Lipinski definition) is 5. The highest BCUT2D eigenvalue weighted by molar-refractivity contribution is 6.54. The average Bonchev–Trinajstić information content (AvgIpc) is 3.09. The molecule has 0 aliphatic carbocycles. The third kappa shape index (κ3) is 3.36. The van der Waals surface area contributed by atoms with E-state index < -0.39 is 29.9 Å². The van der Waals surface area contributed by atoms with E-state index in [4.69, 9.17) is 14.0 Å². The first-order chi connectivity index (χ1) is 12.1. The van der Waals surface area contributed by atoms with Crippen LogP contribution in [0.15, 0.2) is 30.1 Å². The molecule has 0 N–H and O–H groups in total. The van der Waals surface area contributed by atoms with Gasteiger partial charge in [0.05, 0.1) is 30.2 Å².